The van der Waals surface area contributed by atoms with E-state index in [2.05, 4.69) is 56.8 Å². The quantitative estimate of drug-likeness (QED) is 0.718. The van der Waals surface area contributed by atoms with Gasteiger partial charge in [-0.25, -0.2) is 9.97 Å². The Morgan fingerprint density at radius 3 is 2.48 bits per heavy atom. The molecule has 0 unspecified atom stereocenters. The third kappa shape index (κ3) is 3.82. The van der Waals surface area contributed by atoms with E-state index in [0.29, 0.717) is 0 Å². The first-order valence-electron chi connectivity index (χ1n) is 9.05. The second kappa shape index (κ2) is 7.23. The summed E-state index contributed by atoms with van der Waals surface area (Å²) in [6.45, 7) is 6.60. The zero-order valence-corrected chi connectivity index (χ0v) is 14.8. The van der Waals surface area contributed by atoms with Crippen molar-refractivity contribution >= 4 is 0 Å². The zero-order valence-electron chi connectivity index (χ0n) is 14.8. The van der Waals surface area contributed by atoms with Crippen molar-refractivity contribution in [1.82, 2.24) is 24.0 Å². The minimum Gasteiger partial charge on any atom is -0.335 e. The molecule has 1 aliphatic rings. The number of imidazole rings is 2. The lowest BCUT2D eigenvalue weighted by Crippen LogP contribution is -2.34. The molecule has 0 radical (unpaired) electrons. The fourth-order valence-electron chi connectivity index (χ4n) is 3.65. The average molecular weight is 335 g/mol. The predicted octanol–water partition coefficient (Wildman–Crippen LogP) is 3.29. The Labute approximate surface area is 148 Å². The van der Waals surface area contributed by atoms with Crippen LogP contribution in [0.15, 0.2) is 55.4 Å². The number of piperidine rings is 1. The molecule has 0 atom stereocenters. The monoisotopic (exact) mass is 335 g/mol. The molecule has 1 aromatic carbocycles. The Bertz CT molecular complexity index is 780. The highest BCUT2D eigenvalue weighted by Crippen LogP contribution is 2.21. The van der Waals surface area contributed by atoms with Gasteiger partial charge in [-0.1, -0.05) is 12.1 Å². The lowest BCUT2D eigenvalue weighted by atomic mass is 9.96. The number of hydrogen-bond donors (Lipinski definition) is 0. The summed E-state index contributed by atoms with van der Waals surface area (Å²) in [6, 6.07) is 8.81. The van der Waals surface area contributed by atoms with E-state index in [1.807, 2.05) is 29.5 Å². The topological polar surface area (TPSA) is 38.9 Å². The summed E-state index contributed by atoms with van der Waals surface area (Å²) in [5.74, 6) is 1.90. The van der Waals surface area contributed by atoms with Gasteiger partial charge in [0.15, 0.2) is 0 Å². The minimum absolute atomic E-state index is 0.771. The number of nitrogens with zero attached hydrogens (tertiary/aromatic N) is 5. The van der Waals surface area contributed by atoms with Crippen molar-refractivity contribution in [2.75, 3.05) is 13.1 Å². The normalized spacial score (nSPS) is 16.4. The van der Waals surface area contributed by atoms with Crippen molar-refractivity contribution in [2.45, 2.75) is 32.9 Å². The van der Waals surface area contributed by atoms with E-state index >= 15 is 0 Å². The second-order valence-electron chi connectivity index (χ2n) is 6.98. The van der Waals surface area contributed by atoms with Gasteiger partial charge in [-0.15, -0.1) is 0 Å². The summed E-state index contributed by atoms with van der Waals surface area (Å²) >= 11 is 0. The summed E-state index contributed by atoms with van der Waals surface area (Å²) < 4.78 is 4.32. The maximum Gasteiger partial charge on any atom is 0.105 e. The van der Waals surface area contributed by atoms with Crippen LogP contribution in [0.2, 0.25) is 0 Å². The van der Waals surface area contributed by atoms with Crippen LogP contribution >= 0.6 is 0 Å². The number of benzene rings is 1. The Morgan fingerprint density at radius 2 is 1.84 bits per heavy atom. The molecule has 1 saturated heterocycles. The van der Waals surface area contributed by atoms with Crippen molar-refractivity contribution < 1.29 is 0 Å². The van der Waals surface area contributed by atoms with Gasteiger partial charge in [0.05, 0.1) is 6.33 Å². The van der Waals surface area contributed by atoms with Gasteiger partial charge in [0.25, 0.3) is 0 Å². The van der Waals surface area contributed by atoms with E-state index in [-0.39, 0.29) is 0 Å². The fourth-order valence-corrected chi connectivity index (χ4v) is 3.65. The van der Waals surface area contributed by atoms with Crippen molar-refractivity contribution in [1.29, 1.82) is 0 Å². The van der Waals surface area contributed by atoms with E-state index < -0.39 is 0 Å². The van der Waals surface area contributed by atoms with Crippen LogP contribution in [0.3, 0.4) is 0 Å². The fraction of sp³-hybridized carbons (Fsp3) is 0.400. The van der Waals surface area contributed by atoms with Crippen molar-refractivity contribution in [3.05, 3.63) is 66.8 Å². The molecule has 4 rings (SSSR count). The van der Waals surface area contributed by atoms with Gasteiger partial charge >= 0.3 is 0 Å². The summed E-state index contributed by atoms with van der Waals surface area (Å²) in [5, 5.41) is 0. The van der Waals surface area contributed by atoms with Crippen LogP contribution < -0.4 is 0 Å². The van der Waals surface area contributed by atoms with Gasteiger partial charge in [0.2, 0.25) is 0 Å². The Hall–Kier alpha value is -2.40. The van der Waals surface area contributed by atoms with Crippen molar-refractivity contribution in [3.8, 4) is 5.69 Å². The smallest absolute Gasteiger partial charge is 0.105 e. The van der Waals surface area contributed by atoms with Crippen molar-refractivity contribution in [2.24, 2.45) is 5.92 Å². The van der Waals surface area contributed by atoms with Crippen LogP contribution in [-0.2, 0) is 13.1 Å². The summed E-state index contributed by atoms with van der Waals surface area (Å²) in [6.07, 6.45) is 12.2. The molecule has 3 aromatic rings. The van der Waals surface area contributed by atoms with Gasteiger partial charge in [-0.2, -0.15) is 0 Å². The molecule has 1 aliphatic heterocycles. The van der Waals surface area contributed by atoms with E-state index in [9.17, 15) is 0 Å². The molecule has 5 heteroatoms. The lowest BCUT2D eigenvalue weighted by molar-refractivity contribution is 0.166. The molecule has 130 valence electrons. The summed E-state index contributed by atoms with van der Waals surface area (Å²) in [4.78, 5) is 11.0. The second-order valence-corrected chi connectivity index (χ2v) is 6.98. The van der Waals surface area contributed by atoms with Crippen LogP contribution in [0.1, 0.15) is 24.2 Å². The first kappa shape index (κ1) is 16.1. The van der Waals surface area contributed by atoms with E-state index in [1.165, 1.54) is 31.5 Å². The first-order chi connectivity index (χ1) is 12.3. The van der Waals surface area contributed by atoms with Gasteiger partial charge in [-0.05, 0) is 56.5 Å². The molecule has 3 heterocycles. The van der Waals surface area contributed by atoms with E-state index in [1.54, 1.807) is 0 Å². The molecule has 0 N–H and O–H groups in total. The van der Waals surface area contributed by atoms with Crippen LogP contribution in [-0.4, -0.2) is 37.1 Å². The van der Waals surface area contributed by atoms with Gasteiger partial charge in [0.1, 0.15) is 5.82 Å². The zero-order chi connectivity index (χ0) is 17.1. The number of aryl methyl sites for hydroxylation is 1. The third-order valence-electron chi connectivity index (χ3n) is 5.23. The molecule has 0 saturated carbocycles. The van der Waals surface area contributed by atoms with Gasteiger partial charge in [0, 0.05) is 43.6 Å². The van der Waals surface area contributed by atoms with Crippen LogP contribution in [0, 0.1) is 12.8 Å². The van der Waals surface area contributed by atoms with Crippen LogP contribution in [0.25, 0.3) is 5.69 Å². The number of likely N-dealkylation sites (tertiary alicyclic amines) is 1. The molecule has 0 spiro atoms. The number of rotatable bonds is 5. The molecule has 0 aliphatic carbocycles. The molecule has 25 heavy (non-hydrogen) atoms. The number of aromatic nitrogens is 4. The van der Waals surface area contributed by atoms with Crippen molar-refractivity contribution in [3.63, 3.8) is 0 Å². The standard InChI is InChI=1S/C20H25N5/c1-17-22-9-13-24(17)15-19-6-10-23(11-7-19)14-18-2-4-20(5-3-18)25-12-8-21-16-25/h2-5,8-9,12-13,16,19H,6-7,10-11,14-15H2,1H3. The minimum atomic E-state index is 0.771. The highest BCUT2D eigenvalue weighted by Gasteiger charge is 2.20. The van der Waals surface area contributed by atoms with E-state index in [4.69, 9.17) is 0 Å². The molecular weight excluding hydrogens is 310 g/mol. The van der Waals surface area contributed by atoms with Crippen LogP contribution in [0.4, 0.5) is 0 Å². The summed E-state index contributed by atoms with van der Waals surface area (Å²) in [7, 11) is 0. The molecule has 5 nitrogen and oxygen atoms in total. The van der Waals surface area contributed by atoms with Gasteiger partial charge < -0.3 is 9.13 Å². The summed E-state index contributed by atoms with van der Waals surface area (Å²) in [5.41, 5.74) is 2.54. The molecule has 0 bridgehead atoms. The molecule has 0 amide bonds. The van der Waals surface area contributed by atoms with Crippen LogP contribution in [0.5, 0.6) is 0 Å². The number of hydrogen-bond acceptors (Lipinski definition) is 3. The molecule has 2 aromatic heterocycles. The maximum absolute atomic E-state index is 4.33. The SMILES string of the molecule is Cc1nccn1CC1CCN(Cc2ccc(-n3ccnc3)cc2)CC1. The molecular formula is C20H25N5. The predicted molar refractivity (Wildman–Crippen MR) is 98.5 cm³/mol. The van der Waals surface area contributed by atoms with Gasteiger partial charge in [-0.3, -0.25) is 4.90 Å². The highest BCUT2D eigenvalue weighted by molar-refractivity contribution is 5.34. The first-order valence-corrected chi connectivity index (χ1v) is 9.05. The maximum atomic E-state index is 4.33. The molecule has 1 fully saturated rings. The Kier molecular flexibility index (Phi) is 4.65. The Morgan fingerprint density at radius 1 is 1.04 bits per heavy atom. The Balaban J connectivity index is 1.29. The van der Waals surface area contributed by atoms with E-state index in [0.717, 1.165) is 30.5 Å². The third-order valence-corrected chi connectivity index (χ3v) is 5.23. The average Bonchev–Trinajstić information content (AvgIpc) is 3.30. The highest BCUT2D eigenvalue weighted by atomic mass is 15.1. The largest absolute Gasteiger partial charge is 0.335 e. The lowest BCUT2D eigenvalue weighted by Gasteiger charge is -2.32.